The van der Waals surface area contributed by atoms with Crippen molar-refractivity contribution in [1.82, 2.24) is 0 Å². The summed E-state index contributed by atoms with van der Waals surface area (Å²) in [6.07, 6.45) is -0.0648. The third-order valence-electron chi connectivity index (χ3n) is 2.60. The largest absolute Gasteiger partial charge is 0.378 e. The number of hydrogen-bond donors (Lipinski definition) is 3. The minimum Gasteiger partial charge on any atom is -0.378 e. The Bertz CT molecular complexity index is 712. The maximum atomic E-state index is 11.8. The van der Waals surface area contributed by atoms with E-state index in [1.165, 1.54) is 24.3 Å². The van der Waals surface area contributed by atoms with Gasteiger partial charge >= 0.3 is 0 Å². The van der Waals surface area contributed by atoms with E-state index < -0.39 is 27.1 Å². The van der Waals surface area contributed by atoms with Crippen molar-refractivity contribution in [3.8, 4) is 0 Å². The molecule has 0 aliphatic carbocycles. The summed E-state index contributed by atoms with van der Waals surface area (Å²) in [7, 11) is -3.77. The van der Waals surface area contributed by atoms with Crippen LogP contribution in [-0.2, 0) is 19.6 Å². The summed E-state index contributed by atoms with van der Waals surface area (Å²) < 4.78 is 22.2. The van der Waals surface area contributed by atoms with Crippen LogP contribution in [0.3, 0.4) is 0 Å². The summed E-state index contributed by atoms with van der Waals surface area (Å²) in [4.78, 5) is 26.6. The van der Waals surface area contributed by atoms with E-state index in [9.17, 15) is 18.0 Å². The standard InChI is InChI=1S/C11H12N4O4S2/c12-11-15-10(17)8(20-11)5-9(16)14-6-1-3-7(4-2-6)21(13,18)19/h1-4,8H,5H2,(H,14,16)(H2,12,15,17)(H2,13,18,19)/t8-/m0/s1. The highest BCUT2D eigenvalue weighted by Crippen LogP contribution is 2.23. The zero-order valence-corrected chi connectivity index (χ0v) is 12.3. The number of amides is 2. The van der Waals surface area contributed by atoms with E-state index in [1.807, 2.05) is 0 Å². The van der Waals surface area contributed by atoms with Gasteiger partial charge in [-0.3, -0.25) is 9.59 Å². The SMILES string of the molecule is NC1=NC(=O)[C@H](CC(=O)Nc2ccc(S(N)(=O)=O)cc2)S1. The molecule has 0 saturated carbocycles. The second kappa shape index (κ2) is 5.84. The molecule has 2 rings (SSSR count). The van der Waals surface area contributed by atoms with E-state index in [1.54, 1.807) is 0 Å². The Balaban J connectivity index is 1.96. The highest BCUT2D eigenvalue weighted by atomic mass is 32.2. The van der Waals surface area contributed by atoms with Gasteiger partial charge in [0, 0.05) is 12.1 Å². The van der Waals surface area contributed by atoms with E-state index in [0.29, 0.717) is 5.69 Å². The predicted octanol–water partition coefficient (Wildman–Crippen LogP) is -0.381. The van der Waals surface area contributed by atoms with Crippen LogP contribution in [0.4, 0.5) is 5.69 Å². The van der Waals surface area contributed by atoms with Crippen LogP contribution in [0.25, 0.3) is 0 Å². The number of anilines is 1. The molecule has 0 spiro atoms. The number of primary sulfonamides is 1. The van der Waals surface area contributed by atoms with Crippen LogP contribution in [-0.4, -0.2) is 30.6 Å². The number of nitrogens with one attached hydrogen (secondary N) is 1. The van der Waals surface area contributed by atoms with Crippen molar-refractivity contribution in [2.45, 2.75) is 16.6 Å². The minimum atomic E-state index is -3.77. The van der Waals surface area contributed by atoms with E-state index >= 15 is 0 Å². The van der Waals surface area contributed by atoms with Crippen LogP contribution in [0.1, 0.15) is 6.42 Å². The topological polar surface area (TPSA) is 145 Å². The van der Waals surface area contributed by atoms with Crippen LogP contribution in [0, 0.1) is 0 Å². The fourth-order valence-corrected chi connectivity index (χ4v) is 2.98. The number of nitrogens with zero attached hydrogens (tertiary/aromatic N) is 1. The Labute approximate surface area is 125 Å². The van der Waals surface area contributed by atoms with Crippen molar-refractivity contribution >= 4 is 44.5 Å². The number of aliphatic imine (C=N–C) groups is 1. The van der Waals surface area contributed by atoms with E-state index in [2.05, 4.69) is 10.3 Å². The third kappa shape index (κ3) is 4.03. The van der Waals surface area contributed by atoms with Crippen LogP contribution < -0.4 is 16.2 Å². The van der Waals surface area contributed by atoms with Gasteiger partial charge in [-0.25, -0.2) is 13.6 Å². The van der Waals surface area contributed by atoms with Gasteiger partial charge < -0.3 is 11.1 Å². The first-order chi connectivity index (χ1) is 9.75. The molecule has 0 saturated heterocycles. The zero-order valence-electron chi connectivity index (χ0n) is 10.6. The smallest absolute Gasteiger partial charge is 0.262 e. The van der Waals surface area contributed by atoms with E-state index in [-0.39, 0.29) is 16.5 Å². The molecule has 1 aromatic carbocycles. The van der Waals surface area contributed by atoms with Gasteiger partial charge in [0.15, 0.2) is 5.17 Å². The molecule has 21 heavy (non-hydrogen) atoms. The summed E-state index contributed by atoms with van der Waals surface area (Å²) in [5.74, 6) is -0.827. The van der Waals surface area contributed by atoms with Gasteiger partial charge in [0.2, 0.25) is 15.9 Å². The van der Waals surface area contributed by atoms with Gasteiger partial charge in [0.1, 0.15) is 5.25 Å². The second-order valence-electron chi connectivity index (χ2n) is 4.22. The number of nitrogens with two attached hydrogens (primary N) is 2. The fourth-order valence-electron chi connectivity index (χ4n) is 1.64. The van der Waals surface area contributed by atoms with Gasteiger partial charge in [0.05, 0.1) is 4.90 Å². The van der Waals surface area contributed by atoms with Gasteiger partial charge in [-0.2, -0.15) is 4.99 Å². The first-order valence-corrected chi connectivity index (χ1v) is 8.15. The Hall–Kier alpha value is -1.91. The number of carbonyl (C=O) groups is 2. The molecular weight excluding hydrogens is 316 g/mol. The van der Waals surface area contributed by atoms with Gasteiger partial charge in [-0.05, 0) is 24.3 Å². The normalized spacial score (nSPS) is 18.4. The first-order valence-electron chi connectivity index (χ1n) is 5.73. The van der Waals surface area contributed by atoms with E-state index in [4.69, 9.17) is 10.9 Å². The van der Waals surface area contributed by atoms with Crippen molar-refractivity contribution in [2.24, 2.45) is 15.9 Å². The quantitative estimate of drug-likeness (QED) is 0.687. The second-order valence-corrected chi connectivity index (χ2v) is 7.00. The monoisotopic (exact) mass is 328 g/mol. The highest BCUT2D eigenvalue weighted by Gasteiger charge is 2.29. The van der Waals surface area contributed by atoms with Crippen LogP contribution in [0.2, 0.25) is 0 Å². The van der Waals surface area contributed by atoms with Crippen LogP contribution in [0.15, 0.2) is 34.2 Å². The Morgan fingerprint density at radius 1 is 1.33 bits per heavy atom. The Kier molecular flexibility index (Phi) is 4.30. The molecule has 0 radical (unpaired) electrons. The fraction of sp³-hybridized carbons (Fsp3) is 0.182. The molecule has 0 bridgehead atoms. The third-order valence-corrected chi connectivity index (χ3v) is 4.51. The van der Waals surface area contributed by atoms with Crippen molar-refractivity contribution < 1.29 is 18.0 Å². The van der Waals surface area contributed by atoms with Crippen LogP contribution in [0.5, 0.6) is 0 Å². The summed E-state index contributed by atoms with van der Waals surface area (Å²) >= 11 is 1.04. The Morgan fingerprint density at radius 2 is 1.95 bits per heavy atom. The highest BCUT2D eigenvalue weighted by molar-refractivity contribution is 8.15. The van der Waals surface area contributed by atoms with Crippen molar-refractivity contribution in [3.63, 3.8) is 0 Å². The average Bonchev–Trinajstić information content (AvgIpc) is 2.67. The van der Waals surface area contributed by atoms with E-state index in [0.717, 1.165) is 11.8 Å². The number of thioether (sulfide) groups is 1. The average molecular weight is 328 g/mol. The van der Waals surface area contributed by atoms with Gasteiger partial charge in [0.25, 0.3) is 5.91 Å². The maximum Gasteiger partial charge on any atom is 0.262 e. The lowest BCUT2D eigenvalue weighted by molar-refractivity contribution is -0.121. The summed E-state index contributed by atoms with van der Waals surface area (Å²) in [5.41, 5.74) is 5.79. The molecule has 10 heteroatoms. The molecule has 0 aromatic heterocycles. The summed E-state index contributed by atoms with van der Waals surface area (Å²) in [6.45, 7) is 0. The zero-order chi connectivity index (χ0) is 15.6. The molecule has 0 unspecified atom stereocenters. The summed E-state index contributed by atoms with van der Waals surface area (Å²) in [5, 5.41) is 7.05. The predicted molar refractivity (Wildman–Crippen MR) is 79.1 cm³/mol. The van der Waals surface area contributed by atoms with Crippen molar-refractivity contribution in [3.05, 3.63) is 24.3 Å². The lowest BCUT2D eigenvalue weighted by Crippen LogP contribution is -2.21. The molecule has 112 valence electrons. The number of rotatable bonds is 4. The molecular formula is C11H12N4O4S2. The molecule has 8 nitrogen and oxygen atoms in total. The number of sulfonamides is 1. The molecule has 1 aliphatic rings. The van der Waals surface area contributed by atoms with Gasteiger partial charge in [-0.1, -0.05) is 11.8 Å². The summed E-state index contributed by atoms with van der Waals surface area (Å²) in [6, 6.07) is 5.38. The van der Waals surface area contributed by atoms with Gasteiger partial charge in [-0.15, -0.1) is 0 Å². The lowest BCUT2D eigenvalue weighted by Gasteiger charge is -2.08. The van der Waals surface area contributed by atoms with Crippen molar-refractivity contribution in [1.29, 1.82) is 0 Å². The number of amidine groups is 1. The van der Waals surface area contributed by atoms with Crippen LogP contribution >= 0.6 is 11.8 Å². The number of hydrogen-bond acceptors (Lipinski definition) is 6. The van der Waals surface area contributed by atoms with Crippen molar-refractivity contribution in [2.75, 3.05) is 5.32 Å². The molecule has 1 atom stereocenters. The number of carbonyl (C=O) groups excluding carboxylic acids is 2. The molecule has 2 amide bonds. The molecule has 0 fully saturated rings. The lowest BCUT2D eigenvalue weighted by atomic mass is 10.2. The molecule has 1 aromatic rings. The minimum absolute atomic E-state index is 0.0526. The first kappa shape index (κ1) is 15.5. The molecule has 1 heterocycles. The molecule has 1 aliphatic heterocycles. The Morgan fingerprint density at radius 3 is 2.43 bits per heavy atom. The maximum absolute atomic E-state index is 11.8. The number of benzene rings is 1. The molecule has 5 N–H and O–H groups in total.